The Morgan fingerprint density at radius 1 is 0.892 bits per heavy atom. The molecule has 190 valence electrons. The average molecular weight is 498 g/mol. The maximum atomic E-state index is 13.4. The van der Waals surface area contributed by atoms with Crippen molar-refractivity contribution < 1.29 is 9.72 Å². The smallest absolute Gasteiger partial charge is 0.269 e. The van der Waals surface area contributed by atoms with Gasteiger partial charge < -0.3 is 4.90 Å². The van der Waals surface area contributed by atoms with Crippen LogP contribution in [0.5, 0.6) is 0 Å². The van der Waals surface area contributed by atoms with E-state index in [0.717, 1.165) is 49.6 Å². The lowest BCUT2D eigenvalue weighted by Crippen LogP contribution is -2.46. The monoisotopic (exact) mass is 497 g/mol. The van der Waals surface area contributed by atoms with Gasteiger partial charge in [0.2, 0.25) is 5.91 Å². The molecule has 0 N–H and O–H groups in total. The van der Waals surface area contributed by atoms with Gasteiger partial charge in [0.05, 0.1) is 16.7 Å². The van der Waals surface area contributed by atoms with Crippen LogP contribution in [0.3, 0.4) is 0 Å². The van der Waals surface area contributed by atoms with E-state index in [1.807, 2.05) is 42.5 Å². The number of carbonyl (C=O) groups excluding carboxylic acids is 1. The molecule has 2 heterocycles. The highest BCUT2D eigenvalue weighted by atomic mass is 16.6. The van der Waals surface area contributed by atoms with Crippen molar-refractivity contribution in [2.45, 2.75) is 25.4 Å². The number of hydrogen-bond acceptors (Lipinski definition) is 6. The second kappa shape index (κ2) is 11.5. The van der Waals surface area contributed by atoms with Crippen molar-refractivity contribution in [3.8, 4) is 0 Å². The van der Waals surface area contributed by atoms with E-state index in [9.17, 15) is 14.9 Å². The van der Waals surface area contributed by atoms with Crippen LogP contribution in [0.25, 0.3) is 0 Å². The van der Waals surface area contributed by atoms with Gasteiger partial charge in [-0.2, -0.15) is 5.10 Å². The number of nitro benzene ring substituents is 1. The molecule has 0 radical (unpaired) electrons. The van der Waals surface area contributed by atoms with Gasteiger partial charge in [-0.1, -0.05) is 72.8 Å². The van der Waals surface area contributed by atoms with Crippen LogP contribution in [0.2, 0.25) is 0 Å². The van der Waals surface area contributed by atoms with Gasteiger partial charge in [-0.3, -0.25) is 19.8 Å². The van der Waals surface area contributed by atoms with Crippen LogP contribution in [0.15, 0.2) is 90.0 Å². The number of nitro groups is 1. The molecule has 8 nitrogen and oxygen atoms in total. The van der Waals surface area contributed by atoms with E-state index in [-0.39, 0.29) is 17.6 Å². The lowest BCUT2D eigenvalue weighted by atomic mass is 9.98. The molecule has 1 fully saturated rings. The third-order valence-corrected chi connectivity index (χ3v) is 7.09. The normalized spacial score (nSPS) is 18.5. The minimum Gasteiger partial charge on any atom is -0.300 e. The third kappa shape index (κ3) is 6.10. The maximum Gasteiger partial charge on any atom is 0.269 e. The van der Waals surface area contributed by atoms with E-state index in [2.05, 4.69) is 34.1 Å². The Hall–Kier alpha value is -3.88. The Morgan fingerprint density at radius 3 is 2.27 bits per heavy atom. The molecule has 0 bridgehead atoms. The number of carbonyl (C=O) groups is 1. The Morgan fingerprint density at radius 2 is 1.57 bits per heavy atom. The summed E-state index contributed by atoms with van der Waals surface area (Å²) in [4.78, 5) is 29.2. The first-order chi connectivity index (χ1) is 18.1. The highest BCUT2D eigenvalue weighted by molar-refractivity contribution is 6.03. The SMILES string of the molecule is O=C(CCN1CCN(Cc2ccccc2)CC1)N1N=C(c2ccccc2)C[C@@H]1c1cccc([N+](=O)[O-])c1. The van der Waals surface area contributed by atoms with Crippen molar-refractivity contribution in [3.05, 3.63) is 112 Å². The summed E-state index contributed by atoms with van der Waals surface area (Å²) in [6, 6.07) is 26.5. The van der Waals surface area contributed by atoms with Gasteiger partial charge in [0.1, 0.15) is 0 Å². The van der Waals surface area contributed by atoms with Crippen molar-refractivity contribution in [1.82, 2.24) is 14.8 Å². The van der Waals surface area contributed by atoms with Gasteiger partial charge in [0.15, 0.2) is 0 Å². The summed E-state index contributed by atoms with van der Waals surface area (Å²) in [5.74, 6) is -0.0610. The van der Waals surface area contributed by atoms with E-state index < -0.39 is 4.92 Å². The van der Waals surface area contributed by atoms with E-state index in [0.29, 0.717) is 19.4 Å². The van der Waals surface area contributed by atoms with Crippen LogP contribution in [-0.4, -0.2) is 64.1 Å². The molecule has 1 atom stereocenters. The first kappa shape index (κ1) is 24.8. The Bertz CT molecular complexity index is 1260. The van der Waals surface area contributed by atoms with Crippen molar-refractivity contribution in [2.75, 3.05) is 32.7 Å². The first-order valence-electron chi connectivity index (χ1n) is 12.7. The first-order valence-corrected chi connectivity index (χ1v) is 12.7. The zero-order chi connectivity index (χ0) is 25.6. The molecule has 5 rings (SSSR count). The molecule has 3 aromatic carbocycles. The molecule has 0 saturated carbocycles. The molecule has 1 amide bonds. The van der Waals surface area contributed by atoms with Crippen LogP contribution < -0.4 is 0 Å². The number of nitrogens with zero attached hydrogens (tertiary/aromatic N) is 5. The van der Waals surface area contributed by atoms with E-state index in [1.54, 1.807) is 17.1 Å². The standard InChI is InChI=1S/C29H31N5O3/c35-29(14-15-31-16-18-32(19-17-31)22-23-8-3-1-4-9-23)33-28(25-12-7-13-26(20-25)34(36)37)21-27(30-33)24-10-5-2-6-11-24/h1-13,20,28H,14-19,21-22H2/t28-/m1/s1. The minimum atomic E-state index is -0.402. The lowest BCUT2D eigenvalue weighted by Gasteiger charge is -2.35. The van der Waals surface area contributed by atoms with Crippen LogP contribution in [0, 0.1) is 10.1 Å². The molecule has 0 aromatic heterocycles. The Balaban J connectivity index is 1.23. The quantitative estimate of drug-likeness (QED) is 0.339. The summed E-state index contributed by atoms with van der Waals surface area (Å²) in [6.07, 6.45) is 0.880. The fraction of sp³-hybridized carbons (Fsp3) is 0.310. The second-order valence-electron chi connectivity index (χ2n) is 9.58. The highest BCUT2D eigenvalue weighted by Gasteiger charge is 2.34. The van der Waals surface area contributed by atoms with E-state index in [4.69, 9.17) is 5.10 Å². The molecule has 8 heteroatoms. The molecule has 0 aliphatic carbocycles. The zero-order valence-electron chi connectivity index (χ0n) is 20.8. The fourth-order valence-electron chi connectivity index (χ4n) is 5.03. The summed E-state index contributed by atoms with van der Waals surface area (Å²) in [5, 5.41) is 17.6. The minimum absolute atomic E-state index is 0.0198. The lowest BCUT2D eigenvalue weighted by molar-refractivity contribution is -0.384. The van der Waals surface area contributed by atoms with Crippen LogP contribution in [0.1, 0.15) is 35.6 Å². The largest absolute Gasteiger partial charge is 0.300 e. The highest BCUT2D eigenvalue weighted by Crippen LogP contribution is 2.34. The Labute approximate surface area is 217 Å². The summed E-state index contributed by atoms with van der Waals surface area (Å²) in [6.45, 7) is 5.41. The molecule has 0 unspecified atom stereocenters. The zero-order valence-corrected chi connectivity index (χ0v) is 20.8. The number of piperazine rings is 1. The van der Waals surface area contributed by atoms with Crippen LogP contribution in [0.4, 0.5) is 5.69 Å². The van der Waals surface area contributed by atoms with Gasteiger partial charge >= 0.3 is 0 Å². The predicted octanol–water partition coefficient (Wildman–Crippen LogP) is 4.48. The van der Waals surface area contributed by atoms with Gasteiger partial charge in [-0.15, -0.1) is 0 Å². The molecule has 2 aliphatic rings. The molecular weight excluding hydrogens is 466 g/mol. The summed E-state index contributed by atoms with van der Waals surface area (Å²) >= 11 is 0. The predicted molar refractivity (Wildman–Crippen MR) is 143 cm³/mol. The van der Waals surface area contributed by atoms with E-state index >= 15 is 0 Å². The Kier molecular flexibility index (Phi) is 7.67. The van der Waals surface area contributed by atoms with Crippen molar-refractivity contribution >= 4 is 17.3 Å². The maximum absolute atomic E-state index is 13.4. The number of amides is 1. The molecular formula is C29H31N5O3. The van der Waals surface area contributed by atoms with E-state index in [1.165, 1.54) is 11.6 Å². The van der Waals surface area contributed by atoms with Gasteiger partial charge in [-0.05, 0) is 16.7 Å². The van der Waals surface area contributed by atoms with Gasteiger partial charge in [-0.25, -0.2) is 5.01 Å². The molecule has 3 aromatic rings. The second-order valence-corrected chi connectivity index (χ2v) is 9.58. The summed E-state index contributed by atoms with van der Waals surface area (Å²) in [5.41, 5.74) is 3.85. The van der Waals surface area contributed by atoms with Crippen molar-refractivity contribution in [3.63, 3.8) is 0 Å². The number of benzene rings is 3. The van der Waals surface area contributed by atoms with Crippen molar-refractivity contribution in [2.24, 2.45) is 5.10 Å². The third-order valence-electron chi connectivity index (χ3n) is 7.09. The van der Waals surface area contributed by atoms with Gasteiger partial charge in [0, 0.05) is 64.2 Å². The number of hydrogen-bond donors (Lipinski definition) is 0. The van der Waals surface area contributed by atoms with Crippen LogP contribution in [-0.2, 0) is 11.3 Å². The topological polar surface area (TPSA) is 82.3 Å². The molecule has 1 saturated heterocycles. The number of hydrazone groups is 1. The van der Waals surface area contributed by atoms with Gasteiger partial charge in [0.25, 0.3) is 5.69 Å². The summed E-state index contributed by atoms with van der Waals surface area (Å²) in [7, 11) is 0. The van der Waals surface area contributed by atoms with Crippen molar-refractivity contribution in [1.29, 1.82) is 0 Å². The average Bonchev–Trinajstić information content (AvgIpc) is 3.39. The molecule has 37 heavy (non-hydrogen) atoms. The van der Waals surface area contributed by atoms with Crippen LogP contribution >= 0.6 is 0 Å². The number of non-ortho nitro benzene ring substituents is 1. The number of rotatable bonds is 8. The molecule has 0 spiro atoms. The summed E-state index contributed by atoms with van der Waals surface area (Å²) < 4.78 is 0. The molecule has 2 aliphatic heterocycles. The fourth-order valence-corrected chi connectivity index (χ4v) is 5.03.